The molecule has 0 heterocycles. The SMILES string of the molecule is COc1ccc(CNc2cccc(N)c2[N+](=O)[O-])cc1. The quantitative estimate of drug-likeness (QED) is 0.496. The Morgan fingerprint density at radius 1 is 1.25 bits per heavy atom. The summed E-state index contributed by atoms with van der Waals surface area (Å²) in [7, 11) is 1.60. The highest BCUT2D eigenvalue weighted by molar-refractivity contribution is 5.74. The van der Waals surface area contributed by atoms with Crippen molar-refractivity contribution < 1.29 is 9.66 Å². The molecule has 0 aliphatic rings. The van der Waals surface area contributed by atoms with Crippen LogP contribution in [-0.2, 0) is 6.54 Å². The van der Waals surface area contributed by atoms with Gasteiger partial charge in [0.2, 0.25) is 0 Å². The topological polar surface area (TPSA) is 90.4 Å². The zero-order valence-corrected chi connectivity index (χ0v) is 11.0. The van der Waals surface area contributed by atoms with Gasteiger partial charge in [0.15, 0.2) is 0 Å². The van der Waals surface area contributed by atoms with Crippen LogP contribution in [0.15, 0.2) is 42.5 Å². The molecule has 0 saturated carbocycles. The highest BCUT2D eigenvalue weighted by Crippen LogP contribution is 2.30. The van der Waals surface area contributed by atoms with Gasteiger partial charge in [0.1, 0.15) is 17.1 Å². The molecule has 104 valence electrons. The van der Waals surface area contributed by atoms with Crippen LogP contribution in [0.4, 0.5) is 17.1 Å². The van der Waals surface area contributed by atoms with Crippen molar-refractivity contribution >= 4 is 17.1 Å². The number of rotatable bonds is 5. The molecule has 0 atom stereocenters. The van der Waals surface area contributed by atoms with E-state index < -0.39 is 4.92 Å². The molecule has 0 radical (unpaired) electrons. The van der Waals surface area contributed by atoms with Crippen molar-refractivity contribution in [3.63, 3.8) is 0 Å². The molecule has 6 nitrogen and oxygen atoms in total. The molecule has 2 aromatic rings. The zero-order valence-electron chi connectivity index (χ0n) is 11.0. The molecule has 0 spiro atoms. The van der Waals surface area contributed by atoms with E-state index in [0.29, 0.717) is 12.2 Å². The van der Waals surface area contributed by atoms with Crippen molar-refractivity contribution in [1.29, 1.82) is 0 Å². The number of hydrogen-bond acceptors (Lipinski definition) is 5. The second-order valence-electron chi connectivity index (χ2n) is 4.20. The summed E-state index contributed by atoms with van der Waals surface area (Å²) in [6, 6.07) is 12.3. The number of nitrogens with one attached hydrogen (secondary N) is 1. The predicted molar refractivity (Wildman–Crippen MR) is 77.8 cm³/mol. The largest absolute Gasteiger partial charge is 0.497 e. The van der Waals surface area contributed by atoms with Gasteiger partial charge in [0.05, 0.1) is 12.0 Å². The molecular weight excluding hydrogens is 258 g/mol. The van der Waals surface area contributed by atoms with E-state index >= 15 is 0 Å². The molecule has 0 fully saturated rings. The third-order valence-corrected chi connectivity index (χ3v) is 2.89. The Hall–Kier alpha value is -2.76. The van der Waals surface area contributed by atoms with E-state index in [-0.39, 0.29) is 11.4 Å². The normalized spacial score (nSPS) is 10.1. The summed E-state index contributed by atoms with van der Waals surface area (Å²) in [6.07, 6.45) is 0. The Labute approximate surface area is 116 Å². The second-order valence-corrected chi connectivity index (χ2v) is 4.20. The van der Waals surface area contributed by atoms with Gasteiger partial charge >= 0.3 is 5.69 Å². The Kier molecular flexibility index (Phi) is 4.05. The van der Waals surface area contributed by atoms with Gasteiger partial charge in [-0.25, -0.2) is 0 Å². The number of nitro benzene ring substituents is 1. The lowest BCUT2D eigenvalue weighted by molar-refractivity contribution is -0.383. The van der Waals surface area contributed by atoms with E-state index in [9.17, 15) is 10.1 Å². The highest BCUT2D eigenvalue weighted by Gasteiger charge is 2.17. The highest BCUT2D eigenvalue weighted by atomic mass is 16.6. The number of benzene rings is 2. The lowest BCUT2D eigenvalue weighted by atomic mass is 10.2. The minimum atomic E-state index is -0.480. The summed E-state index contributed by atoms with van der Waals surface area (Å²) in [5, 5.41) is 14.0. The monoisotopic (exact) mass is 273 g/mol. The molecule has 0 unspecified atom stereocenters. The van der Waals surface area contributed by atoms with Gasteiger partial charge in [-0.05, 0) is 29.8 Å². The molecule has 2 aromatic carbocycles. The molecule has 2 rings (SSSR count). The standard InChI is InChI=1S/C14H15N3O3/c1-20-11-7-5-10(6-8-11)9-16-13-4-2-3-12(15)14(13)17(18)19/h2-8,16H,9,15H2,1H3. The van der Waals surface area contributed by atoms with E-state index in [1.165, 1.54) is 6.07 Å². The van der Waals surface area contributed by atoms with Crippen molar-refractivity contribution in [2.75, 3.05) is 18.2 Å². The lowest BCUT2D eigenvalue weighted by Crippen LogP contribution is -2.04. The van der Waals surface area contributed by atoms with Crippen LogP contribution in [-0.4, -0.2) is 12.0 Å². The Morgan fingerprint density at radius 3 is 2.55 bits per heavy atom. The van der Waals surface area contributed by atoms with Crippen LogP contribution in [0.3, 0.4) is 0 Å². The van der Waals surface area contributed by atoms with E-state index in [4.69, 9.17) is 10.5 Å². The number of nitrogens with zero attached hydrogens (tertiary/aromatic N) is 1. The van der Waals surface area contributed by atoms with Gasteiger partial charge < -0.3 is 15.8 Å². The first-order valence-corrected chi connectivity index (χ1v) is 6.01. The summed E-state index contributed by atoms with van der Waals surface area (Å²) >= 11 is 0. The molecule has 3 N–H and O–H groups in total. The Bertz CT molecular complexity index is 612. The fourth-order valence-corrected chi connectivity index (χ4v) is 1.85. The Morgan fingerprint density at radius 2 is 1.95 bits per heavy atom. The first-order chi connectivity index (χ1) is 9.61. The van der Waals surface area contributed by atoms with E-state index in [1.54, 1.807) is 19.2 Å². The summed E-state index contributed by atoms with van der Waals surface area (Å²) in [6.45, 7) is 0.467. The van der Waals surface area contributed by atoms with E-state index in [0.717, 1.165) is 11.3 Å². The first kappa shape index (κ1) is 13.7. The fourth-order valence-electron chi connectivity index (χ4n) is 1.85. The fraction of sp³-hybridized carbons (Fsp3) is 0.143. The van der Waals surface area contributed by atoms with Crippen LogP contribution in [0.1, 0.15) is 5.56 Å². The van der Waals surface area contributed by atoms with Crippen LogP contribution < -0.4 is 15.8 Å². The van der Waals surface area contributed by atoms with Gasteiger partial charge in [0.25, 0.3) is 0 Å². The molecular formula is C14H15N3O3. The van der Waals surface area contributed by atoms with Gasteiger partial charge in [-0.3, -0.25) is 10.1 Å². The third-order valence-electron chi connectivity index (χ3n) is 2.89. The maximum atomic E-state index is 11.0. The van der Waals surface area contributed by atoms with Gasteiger partial charge in [-0.15, -0.1) is 0 Å². The van der Waals surface area contributed by atoms with Crippen LogP contribution in [0.25, 0.3) is 0 Å². The van der Waals surface area contributed by atoms with Gasteiger partial charge in [-0.2, -0.15) is 0 Å². The minimum absolute atomic E-state index is 0.0963. The van der Waals surface area contributed by atoms with Crippen molar-refractivity contribution in [1.82, 2.24) is 0 Å². The lowest BCUT2D eigenvalue weighted by Gasteiger charge is -2.09. The number of methoxy groups -OCH3 is 1. The number of para-hydroxylation sites is 1. The molecule has 0 aliphatic heterocycles. The van der Waals surface area contributed by atoms with Crippen LogP contribution in [0, 0.1) is 10.1 Å². The average molecular weight is 273 g/mol. The van der Waals surface area contributed by atoms with Crippen molar-refractivity contribution in [3.05, 3.63) is 58.1 Å². The maximum Gasteiger partial charge on any atom is 0.314 e. The van der Waals surface area contributed by atoms with Crippen LogP contribution >= 0.6 is 0 Å². The van der Waals surface area contributed by atoms with E-state index in [2.05, 4.69) is 5.32 Å². The van der Waals surface area contributed by atoms with E-state index in [1.807, 2.05) is 24.3 Å². The zero-order chi connectivity index (χ0) is 14.5. The molecule has 0 aromatic heterocycles. The summed E-state index contributed by atoms with van der Waals surface area (Å²) in [5.41, 5.74) is 7.08. The molecule has 6 heteroatoms. The minimum Gasteiger partial charge on any atom is -0.497 e. The number of nitrogens with two attached hydrogens (primary N) is 1. The summed E-state index contributed by atoms with van der Waals surface area (Å²) in [5.74, 6) is 0.767. The molecule has 0 amide bonds. The Balaban J connectivity index is 2.14. The average Bonchev–Trinajstić information content (AvgIpc) is 2.45. The number of nitrogen functional groups attached to an aromatic ring is 1. The van der Waals surface area contributed by atoms with Crippen molar-refractivity contribution in [2.24, 2.45) is 0 Å². The molecule has 0 bridgehead atoms. The maximum absolute atomic E-state index is 11.0. The van der Waals surface area contributed by atoms with Gasteiger partial charge in [-0.1, -0.05) is 18.2 Å². The molecule has 20 heavy (non-hydrogen) atoms. The third kappa shape index (κ3) is 2.97. The number of nitro groups is 1. The number of hydrogen-bond donors (Lipinski definition) is 2. The summed E-state index contributed by atoms with van der Waals surface area (Å²) < 4.78 is 5.07. The second kappa shape index (κ2) is 5.92. The summed E-state index contributed by atoms with van der Waals surface area (Å²) in [4.78, 5) is 10.5. The van der Waals surface area contributed by atoms with Crippen LogP contribution in [0.5, 0.6) is 5.75 Å². The van der Waals surface area contributed by atoms with Crippen molar-refractivity contribution in [3.8, 4) is 5.75 Å². The smallest absolute Gasteiger partial charge is 0.314 e. The number of anilines is 2. The predicted octanol–water partition coefficient (Wildman–Crippen LogP) is 2.80. The van der Waals surface area contributed by atoms with Crippen LogP contribution in [0.2, 0.25) is 0 Å². The first-order valence-electron chi connectivity index (χ1n) is 6.01. The number of ether oxygens (including phenoxy) is 1. The van der Waals surface area contributed by atoms with Crippen molar-refractivity contribution in [2.45, 2.75) is 6.54 Å². The van der Waals surface area contributed by atoms with Gasteiger partial charge in [0, 0.05) is 6.54 Å². The molecule has 0 aliphatic carbocycles. The molecule has 0 saturated heterocycles.